The number of carbonyl (C=O) groups excluding carboxylic acids is 1. The van der Waals surface area contributed by atoms with Crippen LogP contribution < -0.4 is 4.90 Å². The smallest absolute Gasteiger partial charge is 0.294 e. The van der Waals surface area contributed by atoms with Gasteiger partial charge < -0.3 is 0 Å². The van der Waals surface area contributed by atoms with Gasteiger partial charge in [0.1, 0.15) is 0 Å². The highest BCUT2D eigenvalue weighted by Gasteiger charge is 2.17. The van der Waals surface area contributed by atoms with Gasteiger partial charge in [0.05, 0.1) is 0 Å². The summed E-state index contributed by atoms with van der Waals surface area (Å²) in [5, 5.41) is 12.9. The molecule has 0 saturated carbocycles. The minimum absolute atomic E-state index is 0.359. The van der Waals surface area contributed by atoms with Gasteiger partial charge in [0.25, 0.3) is 0 Å². The molecule has 0 aliphatic carbocycles. The topological polar surface area (TPSA) is 63.9 Å². The second-order valence-corrected chi connectivity index (χ2v) is 5.93. The van der Waals surface area contributed by atoms with Crippen molar-refractivity contribution in [2.45, 2.75) is 6.42 Å². The average Bonchev–Trinajstić information content (AvgIpc) is 3.05. The van der Waals surface area contributed by atoms with E-state index in [0.717, 1.165) is 16.0 Å². The Bertz CT molecular complexity index is 866. The summed E-state index contributed by atoms with van der Waals surface area (Å²) < 4.78 is 0. The van der Waals surface area contributed by atoms with E-state index < -0.39 is 6.03 Å². The number of carbonyl (C=O) groups is 1. The van der Waals surface area contributed by atoms with E-state index in [9.17, 15) is 4.79 Å². The predicted octanol–water partition coefficient (Wildman–Crippen LogP) is 3.68. The van der Waals surface area contributed by atoms with Crippen LogP contribution in [0.4, 0.5) is 10.5 Å². The Morgan fingerprint density at radius 2 is 1.92 bits per heavy atom. The van der Waals surface area contributed by atoms with Crippen LogP contribution in [-0.4, -0.2) is 33.3 Å². The first-order valence-electron chi connectivity index (χ1n) is 7.10. The van der Waals surface area contributed by atoms with Crippen LogP contribution in [0.25, 0.3) is 0 Å². The maximum absolute atomic E-state index is 12.4. The maximum Gasteiger partial charge on any atom is 0.367 e. The van der Waals surface area contributed by atoms with Crippen LogP contribution in [-0.2, 0) is 6.42 Å². The zero-order valence-electron chi connectivity index (χ0n) is 12.7. The first kappa shape index (κ1) is 16.4. The molecule has 2 aromatic carbocycles. The van der Waals surface area contributed by atoms with Crippen LogP contribution in [0, 0.1) is 0 Å². The molecule has 1 heterocycles. The fraction of sp³-hybridized carbons (Fsp3) is 0.125. The number of benzene rings is 2. The fourth-order valence-corrected chi connectivity index (χ4v) is 2.60. The third-order valence-electron chi connectivity index (χ3n) is 3.42. The average molecular weight is 362 g/mol. The summed E-state index contributed by atoms with van der Waals surface area (Å²) in [6.45, 7) is 0. The second kappa shape index (κ2) is 6.98. The molecule has 1 amide bonds. The third kappa shape index (κ3) is 3.55. The highest BCUT2D eigenvalue weighted by molar-refractivity contribution is 6.35. The van der Waals surface area contributed by atoms with Crippen molar-refractivity contribution in [3.05, 3.63) is 70.0 Å². The molecule has 0 N–H and O–H groups in total. The molecule has 0 saturated heterocycles. The molecule has 0 spiro atoms. The lowest BCUT2D eigenvalue weighted by Crippen LogP contribution is -2.32. The number of rotatable bonds is 3. The Kier molecular flexibility index (Phi) is 4.78. The van der Waals surface area contributed by atoms with Crippen molar-refractivity contribution in [2.75, 3.05) is 11.9 Å². The van der Waals surface area contributed by atoms with E-state index in [-0.39, 0.29) is 0 Å². The Labute approximate surface area is 148 Å². The van der Waals surface area contributed by atoms with Crippen LogP contribution in [0.2, 0.25) is 10.0 Å². The summed E-state index contributed by atoms with van der Waals surface area (Å²) in [5.74, 6) is 0.397. The van der Waals surface area contributed by atoms with Gasteiger partial charge in [-0.15, -0.1) is 10.2 Å². The van der Waals surface area contributed by atoms with Gasteiger partial charge in [0.2, 0.25) is 0 Å². The van der Waals surface area contributed by atoms with Gasteiger partial charge in [-0.3, -0.25) is 4.90 Å². The van der Waals surface area contributed by atoms with E-state index in [2.05, 4.69) is 15.4 Å². The predicted molar refractivity (Wildman–Crippen MR) is 92.7 cm³/mol. The molecule has 24 heavy (non-hydrogen) atoms. The van der Waals surface area contributed by atoms with Crippen molar-refractivity contribution in [1.82, 2.24) is 20.2 Å². The van der Waals surface area contributed by atoms with Crippen LogP contribution in [0.15, 0.2) is 48.5 Å². The largest absolute Gasteiger partial charge is 0.367 e. The van der Waals surface area contributed by atoms with Crippen LogP contribution >= 0.6 is 23.2 Å². The zero-order chi connectivity index (χ0) is 17.1. The molecule has 0 bridgehead atoms. The van der Waals surface area contributed by atoms with Crippen molar-refractivity contribution in [2.24, 2.45) is 0 Å². The van der Waals surface area contributed by atoms with Gasteiger partial charge >= 0.3 is 6.03 Å². The molecule has 3 rings (SSSR count). The zero-order valence-corrected chi connectivity index (χ0v) is 14.2. The molecule has 0 fully saturated rings. The number of amides is 1. The SMILES string of the molecule is CN(C(=O)n1nnc(Cc2ccc(Cl)cc2Cl)n1)c1ccccc1. The first-order valence-corrected chi connectivity index (χ1v) is 7.86. The Morgan fingerprint density at radius 1 is 1.17 bits per heavy atom. The third-order valence-corrected chi connectivity index (χ3v) is 4.01. The summed E-state index contributed by atoms with van der Waals surface area (Å²) in [4.78, 5) is 14.8. The van der Waals surface area contributed by atoms with Gasteiger partial charge in [0.15, 0.2) is 5.82 Å². The standard InChI is InChI=1S/C16H13Cl2N5O/c1-22(13-5-3-2-4-6-13)16(24)23-20-15(19-21-23)9-11-7-8-12(17)10-14(11)18/h2-8,10H,9H2,1H3. The summed E-state index contributed by atoms with van der Waals surface area (Å²) in [6.07, 6.45) is 0.359. The number of anilines is 1. The summed E-state index contributed by atoms with van der Waals surface area (Å²) in [5.41, 5.74) is 1.55. The van der Waals surface area contributed by atoms with Gasteiger partial charge in [-0.2, -0.15) is 0 Å². The van der Waals surface area contributed by atoms with Crippen molar-refractivity contribution in [3.63, 3.8) is 0 Å². The van der Waals surface area contributed by atoms with E-state index in [4.69, 9.17) is 23.2 Å². The monoisotopic (exact) mass is 361 g/mol. The molecule has 1 aromatic heterocycles. The summed E-state index contributed by atoms with van der Waals surface area (Å²) in [7, 11) is 1.65. The van der Waals surface area contributed by atoms with Crippen molar-refractivity contribution in [3.8, 4) is 0 Å². The highest BCUT2D eigenvalue weighted by atomic mass is 35.5. The number of nitrogens with zero attached hydrogens (tertiary/aromatic N) is 5. The Morgan fingerprint density at radius 3 is 2.62 bits per heavy atom. The molecule has 122 valence electrons. The lowest BCUT2D eigenvalue weighted by atomic mass is 10.1. The van der Waals surface area contributed by atoms with E-state index in [1.807, 2.05) is 30.3 Å². The molecule has 8 heteroatoms. The van der Waals surface area contributed by atoms with Gasteiger partial charge in [-0.1, -0.05) is 52.3 Å². The van der Waals surface area contributed by atoms with Crippen molar-refractivity contribution < 1.29 is 4.79 Å². The minimum atomic E-state index is -0.401. The number of aromatic nitrogens is 4. The summed E-state index contributed by atoms with van der Waals surface area (Å²) in [6, 6.07) is 14.0. The molecule has 0 radical (unpaired) electrons. The minimum Gasteiger partial charge on any atom is -0.294 e. The van der Waals surface area contributed by atoms with Crippen LogP contribution in [0.1, 0.15) is 11.4 Å². The van der Waals surface area contributed by atoms with Crippen molar-refractivity contribution >= 4 is 34.9 Å². The van der Waals surface area contributed by atoms with Gasteiger partial charge in [0, 0.05) is 29.2 Å². The molecule has 3 aromatic rings. The molecular weight excluding hydrogens is 349 g/mol. The number of para-hydroxylation sites is 1. The molecule has 6 nitrogen and oxygen atoms in total. The Hall–Kier alpha value is -2.44. The van der Waals surface area contributed by atoms with Crippen LogP contribution in [0.5, 0.6) is 0 Å². The van der Waals surface area contributed by atoms with Gasteiger partial charge in [-0.05, 0) is 35.0 Å². The number of hydrogen-bond donors (Lipinski definition) is 0. The molecular formula is C16H13Cl2N5O. The number of halogens is 2. The fourth-order valence-electron chi connectivity index (χ4n) is 2.13. The second-order valence-electron chi connectivity index (χ2n) is 5.08. The number of hydrogen-bond acceptors (Lipinski definition) is 4. The molecule has 0 aliphatic heterocycles. The lowest BCUT2D eigenvalue weighted by Gasteiger charge is -2.15. The molecule has 0 unspecified atom stereocenters. The van der Waals surface area contributed by atoms with Crippen LogP contribution in [0.3, 0.4) is 0 Å². The van der Waals surface area contributed by atoms with Gasteiger partial charge in [-0.25, -0.2) is 4.79 Å². The lowest BCUT2D eigenvalue weighted by molar-refractivity contribution is 0.242. The quantitative estimate of drug-likeness (QED) is 0.713. The molecule has 0 aliphatic rings. The van der Waals surface area contributed by atoms with E-state index in [1.54, 1.807) is 25.2 Å². The number of tetrazole rings is 1. The summed E-state index contributed by atoms with van der Waals surface area (Å²) >= 11 is 12.0. The van der Waals surface area contributed by atoms with E-state index in [1.165, 1.54) is 4.90 Å². The normalized spacial score (nSPS) is 10.6. The highest BCUT2D eigenvalue weighted by Crippen LogP contribution is 2.22. The van der Waals surface area contributed by atoms with E-state index in [0.29, 0.717) is 22.3 Å². The first-order chi connectivity index (χ1) is 11.5. The van der Waals surface area contributed by atoms with Crippen molar-refractivity contribution in [1.29, 1.82) is 0 Å². The molecule has 0 atom stereocenters. The van der Waals surface area contributed by atoms with E-state index >= 15 is 0 Å². The maximum atomic E-state index is 12.4. The Balaban J connectivity index is 1.76.